The van der Waals surface area contributed by atoms with E-state index in [-0.39, 0.29) is 17.2 Å². The van der Waals surface area contributed by atoms with Gasteiger partial charge in [-0.25, -0.2) is 0 Å². The normalized spacial score (nSPS) is 11.2. The lowest BCUT2D eigenvalue weighted by molar-refractivity contribution is -0.137. The van der Waals surface area contributed by atoms with Crippen LogP contribution in [0.5, 0.6) is 11.5 Å². The summed E-state index contributed by atoms with van der Waals surface area (Å²) in [5.74, 6) is 0.518. The molecule has 6 heteroatoms. The minimum Gasteiger partial charge on any atom is -0.456 e. The van der Waals surface area contributed by atoms with E-state index in [0.717, 1.165) is 30.0 Å². The van der Waals surface area contributed by atoms with Crippen molar-refractivity contribution in [3.05, 3.63) is 58.6 Å². The summed E-state index contributed by atoms with van der Waals surface area (Å²) in [6.07, 6.45) is -3.46. The summed E-state index contributed by atoms with van der Waals surface area (Å²) in [6.45, 7) is 0. The molecule has 0 aromatic heterocycles. The number of carbonyl (C=O) groups is 1. The van der Waals surface area contributed by atoms with E-state index < -0.39 is 11.7 Å². The zero-order valence-corrected chi connectivity index (χ0v) is 11.4. The first-order chi connectivity index (χ1) is 9.90. The second-order valence-electron chi connectivity index (χ2n) is 4.26. The monoisotopic (exact) mass is 314 g/mol. The molecule has 2 aromatic carbocycles. The van der Waals surface area contributed by atoms with Crippen molar-refractivity contribution in [3.8, 4) is 11.5 Å². The highest BCUT2D eigenvalue weighted by molar-refractivity contribution is 6.32. The van der Waals surface area contributed by atoms with Crippen LogP contribution < -0.4 is 4.74 Å². The lowest BCUT2D eigenvalue weighted by Crippen LogP contribution is -2.04. The molecule has 0 atom stereocenters. The maximum absolute atomic E-state index is 12.5. The van der Waals surface area contributed by atoms with Crippen molar-refractivity contribution in [2.24, 2.45) is 0 Å². The molecule has 0 heterocycles. The van der Waals surface area contributed by atoms with Crippen LogP contribution in [0.25, 0.3) is 0 Å². The molecule has 0 aliphatic carbocycles. The van der Waals surface area contributed by atoms with Gasteiger partial charge < -0.3 is 9.53 Å². The average molecular weight is 315 g/mol. The molecule has 2 aromatic rings. The molecule has 2 rings (SSSR count). The highest BCUT2D eigenvalue weighted by Gasteiger charge is 2.31. The molecular formula is C15H10ClF3O2. The first-order valence-electron chi connectivity index (χ1n) is 5.97. The highest BCUT2D eigenvalue weighted by atomic mass is 35.5. The Bertz CT molecular complexity index is 654. The van der Waals surface area contributed by atoms with Crippen molar-refractivity contribution >= 4 is 17.9 Å². The summed E-state index contributed by atoms with van der Waals surface area (Å²) < 4.78 is 43.0. The van der Waals surface area contributed by atoms with Crippen LogP contribution in [0, 0.1) is 0 Å². The molecule has 0 aliphatic heterocycles. The number of rotatable bonds is 4. The predicted octanol–water partition coefficient (Wildman–Crippen LogP) is 4.89. The fourth-order valence-corrected chi connectivity index (χ4v) is 1.94. The molecule has 0 fully saturated rings. The van der Waals surface area contributed by atoms with E-state index in [1.165, 1.54) is 0 Å². The molecule has 21 heavy (non-hydrogen) atoms. The Balaban J connectivity index is 2.24. The van der Waals surface area contributed by atoms with Gasteiger partial charge in [0.25, 0.3) is 0 Å². The molecule has 0 radical (unpaired) electrons. The van der Waals surface area contributed by atoms with E-state index in [9.17, 15) is 18.0 Å². The van der Waals surface area contributed by atoms with Gasteiger partial charge in [-0.3, -0.25) is 0 Å². The van der Waals surface area contributed by atoms with E-state index in [2.05, 4.69) is 0 Å². The van der Waals surface area contributed by atoms with Crippen LogP contribution in [0.15, 0.2) is 42.5 Å². The SMILES string of the molecule is O=CCc1cccc(Oc2ccc(C(F)(F)F)cc2Cl)c1. The van der Waals surface area contributed by atoms with Crippen LogP contribution in [0.1, 0.15) is 11.1 Å². The number of hydrogen-bond acceptors (Lipinski definition) is 2. The first-order valence-corrected chi connectivity index (χ1v) is 6.35. The zero-order chi connectivity index (χ0) is 15.5. The van der Waals surface area contributed by atoms with Gasteiger partial charge in [0, 0.05) is 6.42 Å². The van der Waals surface area contributed by atoms with Crippen molar-refractivity contribution < 1.29 is 22.7 Å². The molecule has 0 aliphatic rings. The summed E-state index contributed by atoms with van der Waals surface area (Å²) in [5.41, 5.74) is -0.0971. The van der Waals surface area contributed by atoms with Gasteiger partial charge in [-0.05, 0) is 35.9 Å². The fraction of sp³-hybridized carbons (Fsp3) is 0.133. The Morgan fingerprint density at radius 3 is 2.52 bits per heavy atom. The van der Waals surface area contributed by atoms with Gasteiger partial charge in [-0.1, -0.05) is 23.7 Å². The molecule has 2 nitrogen and oxygen atoms in total. The quantitative estimate of drug-likeness (QED) is 0.751. The van der Waals surface area contributed by atoms with Gasteiger partial charge >= 0.3 is 6.18 Å². The zero-order valence-electron chi connectivity index (χ0n) is 10.7. The van der Waals surface area contributed by atoms with Crippen LogP contribution in [-0.2, 0) is 17.4 Å². The minimum atomic E-state index is -4.45. The summed E-state index contributed by atoms with van der Waals surface area (Å²) in [6, 6.07) is 9.56. The summed E-state index contributed by atoms with van der Waals surface area (Å²) in [4.78, 5) is 10.5. The third kappa shape index (κ3) is 3.98. The van der Waals surface area contributed by atoms with Crippen LogP contribution in [0.4, 0.5) is 13.2 Å². The second-order valence-corrected chi connectivity index (χ2v) is 4.67. The Labute approximate surface area is 124 Å². The van der Waals surface area contributed by atoms with E-state index in [0.29, 0.717) is 5.75 Å². The molecule has 0 bridgehead atoms. The van der Waals surface area contributed by atoms with E-state index in [1.54, 1.807) is 24.3 Å². The largest absolute Gasteiger partial charge is 0.456 e. The van der Waals surface area contributed by atoms with Gasteiger partial charge in [0.05, 0.1) is 10.6 Å². The van der Waals surface area contributed by atoms with E-state index >= 15 is 0 Å². The number of carbonyl (C=O) groups excluding carboxylic acids is 1. The standard InChI is InChI=1S/C15H10ClF3O2/c16-13-9-11(15(17,18)19)4-5-14(13)21-12-3-1-2-10(8-12)6-7-20/h1-5,7-9H,6H2. The molecule has 0 amide bonds. The summed E-state index contributed by atoms with van der Waals surface area (Å²) in [7, 11) is 0. The number of aldehydes is 1. The van der Waals surface area contributed by atoms with Gasteiger partial charge in [0.2, 0.25) is 0 Å². The first kappa shape index (κ1) is 15.4. The van der Waals surface area contributed by atoms with E-state index in [4.69, 9.17) is 16.3 Å². The van der Waals surface area contributed by atoms with Crippen molar-refractivity contribution in [1.82, 2.24) is 0 Å². The van der Waals surface area contributed by atoms with Crippen LogP contribution in [0.2, 0.25) is 5.02 Å². The van der Waals surface area contributed by atoms with Crippen molar-refractivity contribution in [1.29, 1.82) is 0 Å². The molecule has 0 unspecified atom stereocenters. The fourth-order valence-electron chi connectivity index (χ4n) is 1.72. The van der Waals surface area contributed by atoms with Crippen LogP contribution in [-0.4, -0.2) is 6.29 Å². The third-order valence-electron chi connectivity index (χ3n) is 2.70. The number of hydrogen-bond donors (Lipinski definition) is 0. The van der Waals surface area contributed by atoms with Gasteiger partial charge in [-0.2, -0.15) is 13.2 Å². The van der Waals surface area contributed by atoms with Gasteiger partial charge in [0.1, 0.15) is 17.8 Å². The molecule has 0 saturated heterocycles. The summed E-state index contributed by atoms with van der Waals surface area (Å²) in [5, 5.41) is -0.134. The number of ether oxygens (including phenoxy) is 1. The van der Waals surface area contributed by atoms with Crippen molar-refractivity contribution in [2.75, 3.05) is 0 Å². The van der Waals surface area contributed by atoms with Crippen LogP contribution in [0.3, 0.4) is 0 Å². The molecular weight excluding hydrogens is 305 g/mol. The lowest BCUT2D eigenvalue weighted by Gasteiger charge is -2.11. The molecule has 0 saturated carbocycles. The topological polar surface area (TPSA) is 26.3 Å². The number of benzene rings is 2. The Hall–Kier alpha value is -2.01. The molecule has 110 valence electrons. The Morgan fingerprint density at radius 2 is 1.90 bits per heavy atom. The summed E-state index contributed by atoms with van der Waals surface area (Å²) >= 11 is 5.81. The number of halogens is 4. The van der Waals surface area contributed by atoms with Gasteiger partial charge in [-0.15, -0.1) is 0 Å². The Kier molecular flexibility index (Phi) is 4.53. The Morgan fingerprint density at radius 1 is 1.14 bits per heavy atom. The number of alkyl halides is 3. The van der Waals surface area contributed by atoms with Crippen molar-refractivity contribution in [2.45, 2.75) is 12.6 Å². The van der Waals surface area contributed by atoms with E-state index in [1.807, 2.05) is 0 Å². The minimum absolute atomic E-state index is 0.118. The molecule has 0 spiro atoms. The second kappa shape index (κ2) is 6.18. The smallest absolute Gasteiger partial charge is 0.416 e. The highest BCUT2D eigenvalue weighted by Crippen LogP contribution is 2.36. The average Bonchev–Trinajstić information content (AvgIpc) is 2.41. The molecule has 0 N–H and O–H groups in total. The maximum atomic E-state index is 12.5. The predicted molar refractivity (Wildman–Crippen MR) is 72.7 cm³/mol. The third-order valence-corrected chi connectivity index (χ3v) is 3.00. The lowest BCUT2D eigenvalue weighted by atomic mass is 10.1. The van der Waals surface area contributed by atoms with Gasteiger partial charge in [0.15, 0.2) is 0 Å². The van der Waals surface area contributed by atoms with Crippen LogP contribution >= 0.6 is 11.6 Å². The van der Waals surface area contributed by atoms with Crippen molar-refractivity contribution in [3.63, 3.8) is 0 Å². The maximum Gasteiger partial charge on any atom is 0.416 e.